The summed E-state index contributed by atoms with van der Waals surface area (Å²) >= 11 is 3.35. The molecule has 0 atom stereocenters. The Bertz CT molecular complexity index is 905. The van der Waals surface area contributed by atoms with Crippen molar-refractivity contribution < 1.29 is 13.2 Å². The van der Waals surface area contributed by atoms with E-state index in [9.17, 15) is 13.2 Å². The molecule has 7 heteroatoms. The number of amides is 1. The minimum atomic E-state index is -3.38. The Labute approximate surface area is 169 Å². The topological polar surface area (TPSA) is 66.5 Å². The number of anilines is 1. The molecule has 0 aromatic heterocycles. The van der Waals surface area contributed by atoms with Crippen molar-refractivity contribution in [3.8, 4) is 0 Å². The minimum Gasteiger partial charge on any atom is -0.326 e. The van der Waals surface area contributed by atoms with Crippen molar-refractivity contribution in [2.24, 2.45) is 5.92 Å². The highest BCUT2D eigenvalue weighted by Crippen LogP contribution is 2.23. The third kappa shape index (κ3) is 5.40. The van der Waals surface area contributed by atoms with Gasteiger partial charge in [0.05, 0.1) is 5.75 Å². The van der Waals surface area contributed by atoms with Crippen LogP contribution in [0.4, 0.5) is 5.69 Å². The average molecular weight is 451 g/mol. The monoisotopic (exact) mass is 450 g/mol. The molecule has 3 rings (SSSR count). The zero-order chi connectivity index (χ0) is 19.4. The van der Waals surface area contributed by atoms with Gasteiger partial charge in [0.2, 0.25) is 15.9 Å². The van der Waals surface area contributed by atoms with Crippen LogP contribution in [-0.4, -0.2) is 31.7 Å². The predicted molar refractivity (Wildman–Crippen MR) is 111 cm³/mol. The smallest absolute Gasteiger partial charge is 0.227 e. The van der Waals surface area contributed by atoms with Gasteiger partial charge in [-0.3, -0.25) is 4.79 Å². The summed E-state index contributed by atoms with van der Waals surface area (Å²) in [7, 11) is -3.38. The van der Waals surface area contributed by atoms with Gasteiger partial charge in [0.1, 0.15) is 0 Å². The Balaban J connectivity index is 1.56. The van der Waals surface area contributed by atoms with Gasteiger partial charge in [0.25, 0.3) is 0 Å². The summed E-state index contributed by atoms with van der Waals surface area (Å²) in [6, 6.07) is 15.0. The molecular weight excluding hydrogens is 428 g/mol. The zero-order valence-corrected chi connectivity index (χ0v) is 17.6. The normalized spacial score (nSPS) is 16.2. The summed E-state index contributed by atoms with van der Waals surface area (Å²) in [5.41, 5.74) is 2.63. The minimum absolute atomic E-state index is 0.0135. The van der Waals surface area contributed by atoms with Crippen LogP contribution in [-0.2, 0) is 20.6 Å². The van der Waals surface area contributed by atoms with Crippen LogP contribution in [0, 0.1) is 12.8 Å². The quantitative estimate of drug-likeness (QED) is 0.749. The molecule has 1 heterocycles. The number of benzene rings is 2. The van der Waals surface area contributed by atoms with Crippen molar-refractivity contribution in [2.45, 2.75) is 25.5 Å². The molecule has 2 aromatic carbocycles. The molecule has 27 heavy (non-hydrogen) atoms. The number of nitrogens with one attached hydrogen (secondary N) is 1. The van der Waals surface area contributed by atoms with E-state index in [2.05, 4.69) is 21.2 Å². The molecule has 1 aliphatic heterocycles. The van der Waals surface area contributed by atoms with Crippen LogP contribution in [0.1, 0.15) is 24.0 Å². The van der Waals surface area contributed by atoms with E-state index in [1.165, 1.54) is 4.31 Å². The number of hydrogen-bond donors (Lipinski definition) is 1. The Morgan fingerprint density at radius 3 is 2.44 bits per heavy atom. The third-order valence-electron chi connectivity index (χ3n) is 4.77. The molecule has 0 aliphatic carbocycles. The molecule has 0 saturated carbocycles. The van der Waals surface area contributed by atoms with E-state index in [-0.39, 0.29) is 17.6 Å². The standard InChI is InChI=1S/C20H23BrN2O3S/c1-15-3-2-4-19(13-15)22-20(24)17-9-11-23(12-10-17)27(25,26)14-16-5-7-18(21)8-6-16/h2-8,13,17H,9-12,14H2,1H3,(H,22,24). The van der Waals surface area contributed by atoms with Crippen molar-refractivity contribution >= 4 is 37.5 Å². The van der Waals surface area contributed by atoms with Crippen LogP contribution in [0.3, 0.4) is 0 Å². The number of piperidine rings is 1. The van der Waals surface area contributed by atoms with Crippen molar-refractivity contribution in [1.29, 1.82) is 0 Å². The predicted octanol–water partition coefficient (Wildman–Crippen LogP) is 3.94. The second-order valence-corrected chi connectivity index (χ2v) is 9.80. The number of aryl methyl sites for hydroxylation is 1. The van der Waals surface area contributed by atoms with Gasteiger partial charge >= 0.3 is 0 Å². The number of hydrogen-bond acceptors (Lipinski definition) is 3. The summed E-state index contributed by atoms with van der Waals surface area (Å²) < 4.78 is 27.7. The molecule has 0 bridgehead atoms. The molecule has 144 valence electrons. The fraction of sp³-hybridized carbons (Fsp3) is 0.350. The molecule has 5 nitrogen and oxygen atoms in total. The van der Waals surface area contributed by atoms with Crippen molar-refractivity contribution in [2.75, 3.05) is 18.4 Å². The van der Waals surface area contributed by atoms with Gasteiger partial charge in [-0.05, 0) is 55.2 Å². The number of nitrogens with zero attached hydrogens (tertiary/aromatic N) is 1. The lowest BCUT2D eigenvalue weighted by Crippen LogP contribution is -2.41. The van der Waals surface area contributed by atoms with Crippen LogP contribution in [0.5, 0.6) is 0 Å². The fourth-order valence-electron chi connectivity index (χ4n) is 3.25. The number of rotatable bonds is 5. The second kappa shape index (κ2) is 8.54. The van der Waals surface area contributed by atoms with E-state index >= 15 is 0 Å². The molecule has 2 aromatic rings. The van der Waals surface area contributed by atoms with Gasteiger partial charge in [-0.15, -0.1) is 0 Å². The fourth-order valence-corrected chi connectivity index (χ4v) is 5.07. The van der Waals surface area contributed by atoms with Crippen molar-refractivity contribution in [3.05, 3.63) is 64.1 Å². The molecule has 1 saturated heterocycles. The largest absolute Gasteiger partial charge is 0.326 e. The maximum absolute atomic E-state index is 12.7. The van der Waals surface area contributed by atoms with Crippen LogP contribution in [0.15, 0.2) is 53.0 Å². The first-order chi connectivity index (χ1) is 12.8. The number of sulfonamides is 1. The third-order valence-corrected chi connectivity index (χ3v) is 7.14. The van der Waals surface area contributed by atoms with Crippen LogP contribution in [0.25, 0.3) is 0 Å². The van der Waals surface area contributed by atoms with Crippen LogP contribution < -0.4 is 5.32 Å². The first kappa shape index (κ1) is 20.0. The Morgan fingerprint density at radius 1 is 1.15 bits per heavy atom. The van der Waals surface area contributed by atoms with E-state index in [1.807, 2.05) is 55.5 Å². The highest BCUT2D eigenvalue weighted by atomic mass is 79.9. The van der Waals surface area contributed by atoms with Gasteiger partial charge in [-0.1, -0.05) is 40.2 Å². The van der Waals surface area contributed by atoms with E-state index in [4.69, 9.17) is 0 Å². The summed E-state index contributed by atoms with van der Waals surface area (Å²) in [4.78, 5) is 12.5. The van der Waals surface area contributed by atoms with Crippen LogP contribution in [0.2, 0.25) is 0 Å². The second-order valence-electron chi connectivity index (χ2n) is 6.91. The van der Waals surface area contributed by atoms with E-state index < -0.39 is 10.0 Å². The molecule has 1 fully saturated rings. The number of carbonyl (C=O) groups excluding carboxylic acids is 1. The van der Waals surface area contributed by atoms with Gasteiger partial charge in [-0.25, -0.2) is 12.7 Å². The molecule has 1 aliphatic rings. The molecule has 0 unspecified atom stereocenters. The summed E-state index contributed by atoms with van der Waals surface area (Å²) in [5.74, 6) is -0.212. The summed E-state index contributed by atoms with van der Waals surface area (Å²) in [6.45, 7) is 2.74. The first-order valence-corrected chi connectivity index (χ1v) is 11.3. The van der Waals surface area contributed by atoms with E-state index in [0.717, 1.165) is 21.3 Å². The molecular formula is C20H23BrN2O3S. The Hall–Kier alpha value is -1.70. The molecule has 0 spiro atoms. The van der Waals surface area contributed by atoms with E-state index in [1.54, 1.807) is 0 Å². The maximum atomic E-state index is 12.7. The van der Waals surface area contributed by atoms with E-state index in [0.29, 0.717) is 25.9 Å². The lowest BCUT2D eigenvalue weighted by Gasteiger charge is -2.30. The van der Waals surface area contributed by atoms with Crippen molar-refractivity contribution in [3.63, 3.8) is 0 Å². The molecule has 1 N–H and O–H groups in total. The molecule has 1 amide bonds. The van der Waals surface area contributed by atoms with Gasteiger partial charge in [0.15, 0.2) is 0 Å². The van der Waals surface area contributed by atoms with Gasteiger partial charge in [0, 0.05) is 29.2 Å². The zero-order valence-electron chi connectivity index (χ0n) is 15.2. The lowest BCUT2D eigenvalue weighted by atomic mass is 9.97. The van der Waals surface area contributed by atoms with Gasteiger partial charge in [-0.2, -0.15) is 0 Å². The van der Waals surface area contributed by atoms with Crippen molar-refractivity contribution in [1.82, 2.24) is 4.31 Å². The summed E-state index contributed by atoms with van der Waals surface area (Å²) in [5, 5.41) is 2.94. The highest BCUT2D eigenvalue weighted by molar-refractivity contribution is 9.10. The average Bonchev–Trinajstić information content (AvgIpc) is 2.63. The Morgan fingerprint density at radius 2 is 1.81 bits per heavy atom. The summed E-state index contributed by atoms with van der Waals surface area (Å²) in [6.07, 6.45) is 1.08. The number of carbonyl (C=O) groups is 1. The van der Waals surface area contributed by atoms with Crippen LogP contribution >= 0.6 is 15.9 Å². The lowest BCUT2D eigenvalue weighted by molar-refractivity contribution is -0.120. The maximum Gasteiger partial charge on any atom is 0.227 e. The number of halogens is 1. The first-order valence-electron chi connectivity index (χ1n) is 8.93. The highest BCUT2D eigenvalue weighted by Gasteiger charge is 2.31. The Kier molecular flexibility index (Phi) is 6.34. The molecule has 0 radical (unpaired) electrons. The van der Waals surface area contributed by atoms with Gasteiger partial charge < -0.3 is 5.32 Å². The SMILES string of the molecule is Cc1cccc(NC(=O)C2CCN(S(=O)(=O)Cc3ccc(Br)cc3)CC2)c1.